The van der Waals surface area contributed by atoms with E-state index in [9.17, 15) is 9.59 Å². The molecule has 0 aliphatic heterocycles. The van der Waals surface area contributed by atoms with Crippen LogP contribution in [-0.4, -0.2) is 25.0 Å². The van der Waals surface area contributed by atoms with Crippen molar-refractivity contribution in [2.24, 2.45) is 5.92 Å². The van der Waals surface area contributed by atoms with Gasteiger partial charge < -0.3 is 10.1 Å². The first-order chi connectivity index (χ1) is 9.06. The van der Waals surface area contributed by atoms with Crippen molar-refractivity contribution in [1.29, 1.82) is 0 Å². The summed E-state index contributed by atoms with van der Waals surface area (Å²) in [5, 5.41) is 3.12. The van der Waals surface area contributed by atoms with Crippen LogP contribution in [0.3, 0.4) is 0 Å². The van der Waals surface area contributed by atoms with Gasteiger partial charge in [-0.05, 0) is 59.5 Å². The molecule has 0 spiro atoms. The van der Waals surface area contributed by atoms with Crippen LogP contribution in [0.2, 0.25) is 5.02 Å². The average molecular weight is 394 g/mol. The highest BCUT2D eigenvalue weighted by Gasteiger charge is 2.23. The molecule has 0 unspecified atom stereocenters. The average Bonchev–Trinajstić information content (AvgIpc) is 3.17. The molecule has 2 rings (SSSR count). The molecule has 1 aliphatic carbocycles. The molecule has 0 atom stereocenters. The van der Waals surface area contributed by atoms with Gasteiger partial charge in [0.1, 0.15) is 6.54 Å². The van der Waals surface area contributed by atoms with Gasteiger partial charge in [0.2, 0.25) is 0 Å². The van der Waals surface area contributed by atoms with E-state index < -0.39 is 5.97 Å². The molecule has 102 valence electrons. The first-order valence-corrected chi connectivity index (χ1v) is 7.41. The molecule has 0 radical (unpaired) electrons. The fraction of sp³-hybridized carbons (Fsp3) is 0.385. The summed E-state index contributed by atoms with van der Waals surface area (Å²) >= 11 is 7.85. The van der Waals surface area contributed by atoms with Crippen LogP contribution in [0, 0.1) is 9.49 Å². The molecule has 1 N–H and O–H groups in total. The van der Waals surface area contributed by atoms with Crippen molar-refractivity contribution in [3.05, 3.63) is 32.4 Å². The lowest BCUT2D eigenvalue weighted by Crippen LogP contribution is -2.31. The number of hydrogen-bond donors (Lipinski definition) is 1. The lowest BCUT2D eigenvalue weighted by Gasteiger charge is -2.07. The van der Waals surface area contributed by atoms with Gasteiger partial charge in [0, 0.05) is 8.59 Å². The number of halogens is 2. The maximum Gasteiger partial charge on any atom is 0.325 e. The minimum atomic E-state index is -0.399. The van der Waals surface area contributed by atoms with Crippen LogP contribution in [0.1, 0.15) is 23.2 Å². The second kappa shape index (κ2) is 6.56. The van der Waals surface area contributed by atoms with E-state index in [1.54, 1.807) is 18.2 Å². The van der Waals surface area contributed by atoms with Crippen LogP contribution in [0.4, 0.5) is 0 Å². The van der Waals surface area contributed by atoms with Crippen molar-refractivity contribution in [3.8, 4) is 0 Å². The van der Waals surface area contributed by atoms with Crippen LogP contribution in [0.15, 0.2) is 18.2 Å². The molecule has 0 aromatic heterocycles. The fourth-order valence-electron chi connectivity index (χ4n) is 1.47. The van der Waals surface area contributed by atoms with Gasteiger partial charge >= 0.3 is 5.97 Å². The normalized spacial score (nSPS) is 14.0. The summed E-state index contributed by atoms with van der Waals surface area (Å²) in [5.41, 5.74) is 0.500. The van der Waals surface area contributed by atoms with E-state index in [1.807, 2.05) is 22.6 Å². The van der Waals surface area contributed by atoms with Crippen LogP contribution < -0.4 is 5.32 Å². The van der Waals surface area contributed by atoms with Gasteiger partial charge in [-0.1, -0.05) is 11.6 Å². The fourth-order valence-corrected chi connectivity index (χ4v) is 2.58. The summed E-state index contributed by atoms with van der Waals surface area (Å²) in [4.78, 5) is 23.3. The summed E-state index contributed by atoms with van der Waals surface area (Å²) in [6, 6.07) is 4.97. The van der Waals surface area contributed by atoms with E-state index in [0.717, 1.165) is 16.4 Å². The van der Waals surface area contributed by atoms with E-state index in [1.165, 1.54) is 0 Å². The Bertz CT molecular complexity index is 503. The Morgan fingerprint density at radius 1 is 1.42 bits per heavy atom. The second-order valence-electron chi connectivity index (χ2n) is 4.43. The zero-order valence-corrected chi connectivity index (χ0v) is 13.0. The van der Waals surface area contributed by atoms with Crippen molar-refractivity contribution in [3.63, 3.8) is 0 Å². The highest BCUT2D eigenvalue weighted by Crippen LogP contribution is 2.28. The smallest absolute Gasteiger partial charge is 0.325 e. The van der Waals surface area contributed by atoms with Gasteiger partial charge in [-0.2, -0.15) is 0 Å². The minimum absolute atomic E-state index is 0.107. The molecule has 0 saturated heterocycles. The number of rotatable bonds is 5. The van der Waals surface area contributed by atoms with Gasteiger partial charge in [0.25, 0.3) is 5.91 Å². The summed E-state index contributed by atoms with van der Waals surface area (Å²) < 4.78 is 5.77. The van der Waals surface area contributed by atoms with Crippen molar-refractivity contribution in [2.45, 2.75) is 12.8 Å². The van der Waals surface area contributed by atoms with Gasteiger partial charge in [-0.15, -0.1) is 0 Å². The maximum absolute atomic E-state index is 11.9. The molecule has 19 heavy (non-hydrogen) atoms. The van der Waals surface area contributed by atoms with Crippen LogP contribution in [-0.2, 0) is 9.53 Å². The van der Waals surface area contributed by atoms with Crippen molar-refractivity contribution >= 4 is 46.1 Å². The van der Waals surface area contributed by atoms with Crippen molar-refractivity contribution < 1.29 is 14.3 Å². The third kappa shape index (κ3) is 4.65. The van der Waals surface area contributed by atoms with E-state index in [4.69, 9.17) is 16.3 Å². The van der Waals surface area contributed by atoms with Gasteiger partial charge in [-0.25, -0.2) is 0 Å². The van der Waals surface area contributed by atoms with E-state index in [2.05, 4.69) is 5.32 Å². The first-order valence-electron chi connectivity index (χ1n) is 5.95. The molecule has 1 amide bonds. The Morgan fingerprint density at radius 2 is 2.16 bits per heavy atom. The standard InChI is InChI=1S/C13H13ClINO3/c14-9-3-4-10(11(15)5-9)13(18)16-6-12(17)19-7-8-1-2-8/h3-5,8H,1-2,6-7H2,(H,16,18). The number of hydrogen-bond acceptors (Lipinski definition) is 3. The third-order valence-corrected chi connectivity index (χ3v) is 3.87. The van der Waals surface area contributed by atoms with E-state index in [-0.39, 0.29) is 12.5 Å². The summed E-state index contributed by atoms with van der Waals surface area (Å²) in [5.74, 6) is -0.175. The van der Waals surface area contributed by atoms with Crippen molar-refractivity contribution in [1.82, 2.24) is 5.32 Å². The van der Waals surface area contributed by atoms with Gasteiger partial charge in [0.05, 0.1) is 12.2 Å². The molecule has 6 heteroatoms. The predicted octanol–water partition coefficient (Wildman–Crippen LogP) is 2.63. The molecule has 4 nitrogen and oxygen atoms in total. The molecule has 0 bridgehead atoms. The van der Waals surface area contributed by atoms with Gasteiger partial charge in [0.15, 0.2) is 0 Å². The third-order valence-electron chi connectivity index (χ3n) is 2.75. The molecule has 0 heterocycles. The SMILES string of the molecule is O=C(CNC(=O)c1ccc(Cl)cc1I)OCC1CC1. The predicted molar refractivity (Wildman–Crippen MR) is 80.2 cm³/mol. The molecule has 1 aliphatic rings. The number of esters is 1. The highest BCUT2D eigenvalue weighted by molar-refractivity contribution is 14.1. The van der Waals surface area contributed by atoms with Gasteiger partial charge in [-0.3, -0.25) is 9.59 Å². The number of ether oxygens (including phenoxy) is 1. The highest BCUT2D eigenvalue weighted by atomic mass is 127. The number of amides is 1. The largest absolute Gasteiger partial charge is 0.464 e. The monoisotopic (exact) mass is 393 g/mol. The first kappa shape index (κ1) is 14.6. The van der Waals surface area contributed by atoms with E-state index >= 15 is 0 Å². The minimum Gasteiger partial charge on any atom is -0.464 e. The summed E-state index contributed by atoms with van der Waals surface area (Å²) in [6.45, 7) is 0.359. The molecule has 1 fully saturated rings. The molecule has 1 saturated carbocycles. The van der Waals surface area contributed by atoms with Crippen LogP contribution in [0.25, 0.3) is 0 Å². The number of nitrogens with one attached hydrogen (secondary N) is 1. The zero-order valence-electron chi connectivity index (χ0n) is 10.1. The number of carbonyl (C=O) groups is 2. The Labute approximate surface area is 130 Å². The van der Waals surface area contributed by atoms with Crippen molar-refractivity contribution in [2.75, 3.05) is 13.2 Å². The van der Waals surface area contributed by atoms with E-state index in [0.29, 0.717) is 23.1 Å². The lowest BCUT2D eigenvalue weighted by atomic mass is 10.2. The number of carbonyl (C=O) groups excluding carboxylic acids is 2. The Morgan fingerprint density at radius 3 is 2.79 bits per heavy atom. The quantitative estimate of drug-likeness (QED) is 0.618. The summed E-state index contributed by atoms with van der Waals surface area (Å²) in [6.07, 6.45) is 2.26. The number of benzene rings is 1. The Kier molecular flexibility index (Phi) is 5.04. The Balaban J connectivity index is 1.81. The Hall–Kier alpha value is -0.820. The molecular formula is C13H13ClINO3. The topological polar surface area (TPSA) is 55.4 Å². The van der Waals surface area contributed by atoms with Crippen LogP contribution >= 0.6 is 34.2 Å². The lowest BCUT2D eigenvalue weighted by molar-refractivity contribution is -0.142. The zero-order chi connectivity index (χ0) is 13.8. The second-order valence-corrected chi connectivity index (χ2v) is 6.03. The molecule has 1 aromatic carbocycles. The summed E-state index contributed by atoms with van der Waals surface area (Å²) in [7, 11) is 0. The molecular weight excluding hydrogens is 381 g/mol. The van der Waals surface area contributed by atoms with Crippen LogP contribution in [0.5, 0.6) is 0 Å². The maximum atomic E-state index is 11.9. The molecule has 1 aromatic rings.